The zero-order valence-electron chi connectivity index (χ0n) is 18.4. The highest BCUT2D eigenvalue weighted by molar-refractivity contribution is 5.94. The van der Waals surface area contributed by atoms with E-state index in [4.69, 9.17) is 9.72 Å². The number of halogens is 1. The van der Waals surface area contributed by atoms with Gasteiger partial charge in [-0.3, -0.25) is 10.1 Å². The maximum atomic E-state index is 15.0. The number of hydrogen-bond acceptors (Lipinski definition) is 6. The number of benzene rings is 1. The van der Waals surface area contributed by atoms with E-state index in [1.165, 1.54) is 6.07 Å². The lowest BCUT2D eigenvalue weighted by Gasteiger charge is -2.27. The minimum atomic E-state index is -0.293. The van der Waals surface area contributed by atoms with Crippen molar-refractivity contribution in [3.8, 4) is 22.6 Å². The topological polar surface area (TPSA) is 70.2 Å². The summed E-state index contributed by atoms with van der Waals surface area (Å²) in [6, 6.07) is 11.3. The van der Waals surface area contributed by atoms with Crippen LogP contribution in [0.15, 0.2) is 42.6 Å². The molecule has 1 saturated heterocycles. The molecule has 5 rings (SSSR count). The molecule has 0 aliphatic carbocycles. The third-order valence-corrected chi connectivity index (χ3v) is 5.80. The molecule has 3 aromatic heterocycles. The molecule has 0 bridgehead atoms. The van der Waals surface area contributed by atoms with Crippen molar-refractivity contribution in [3.05, 3.63) is 54.0 Å². The quantitative estimate of drug-likeness (QED) is 0.525. The summed E-state index contributed by atoms with van der Waals surface area (Å²) in [5.74, 6) is 0.607. The van der Waals surface area contributed by atoms with E-state index in [2.05, 4.69) is 20.1 Å². The zero-order chi connectivity index (χ0) is 22.2. The minimum absolute atomic E-state index is 0.293. The van der Waals surface area contributed by atoms with Gasteiger partial charge in [-0.15, -0.1) is 0 Å². The van der Waals surface area contributed by atoms with Crippen LogP contribution in [0.25, 0.3) is 33.5 Å². The third-order valence-electron chi connectivity index (χ3n) is 5.80. The summed E-state index contributed by atoms with van der Waals surface area (Å²) in [5, 5.41) is 8.39. The highest BCUT2D eigenvalue weighted by atomic mass is 19.1. The monoisotopic (exact) mass is 432 g/mol. The van der Waals surface area contributed by atoms with Crippen molar-refractivity contribution < 1.29 is 9.13 Å². The molecule has 0 amide bonds. The van der Waals surface area contributed by atoms with Gasteiger partial charge in [0.05, 0.1) is 36.3 Å². The number of morpholine rings is 1. The zero-order valence-corrected chi connectivity index (χ0v) is 18.4. The standard InChI is InChI=1S/C24H25FN6O/c1-15-11-16(30(2)3)12-18(25)23(15)20-13-17-21(14-26-20)28-29-24(17)19-5-4-6-22(27-19)31-7-9-32-10-8-31/h4-6,11-14H,7-10H2,1-3H3,(H,28,29). The van der Waals surface area contributed by atoms with Gasteiger partial charge in [-0.05, 0) is 42.8 Å². The molecule has 0 spiro atoms. The van der Waals surface area contributed by atoms with E-state index in [1.54, 1.807) is 6.20 Å². The summed E-state index contributed by atoms with van der Waals surface area (Å²) in [6.07, 6.45) is 1.70. The number of pyridine rings is 2. The fourth-order valence-corrected chi connectivity index (χ4v) is 4.08. The van der Waals surface area contributed by atoms with E-state index in [9.17, 15) is 0 Å². The Balaban J connectivity index is 1.57. The number of rotatable bonds is 4. The molecule has 0 saturated carbocycles. The molecule has 0 atom stereocenters. The van der Waals surface area contributed by atoms with E-state index < -0.39 is 0 Å². The SMILES string of the molecule is Cc1cc(N(C)C)cc(F)c1-c1cc2c(-c3cccc(N4CCOCC4)n3)n[nH]c2cn1. The lowest BCUT2D eigenvalue weighted by atomic mass is 10.0. The predicted octanol–water partition coefficient (Wildman–Crippen LogP) is 4.04. The number of aryl methyl sites for hydroxylation is 1. The molecular weight excluding hydrogens is 407 g/mol. The van der Waals surface area contributed by atoms with Crippen molar-refractivity contribution in [2.24, 2.45) is 0 Å². The molecule has 1 N–H and O–H groups in total. The maximum absolute atomic E-state index is 15.0. The number of fused-ring (bicyclic) bond motifs is 1. The van der Waals surface area contributed by atoms with Gasteiger partial charge in [-0.25, -0.2) is 9.37 Å². The van der Waals surface area contributed by atoms with Gasteiger partial charge in [0.2, 0.25) is 0 Å². The van der Waals surface area contributed by atoms with E-state index in [1.807, 2.05) is 56.3 Å². The number of anilines is 2. The van der Waals surface area contributed by atoms with Crippen LogP contribution in [0.4, 0.5) is 15.9 Å². The second kappa shape index (κ2) is 8.20. The van der Waals surface area contributed by atoms with Crippen LogP contribution in [0.2, 0.25) is 0 Å². The van der Waals surface area contributed by atoms with Crippen LogP contribution in [0, 0.1) is 12.7 Å². The van der Waals surface area contributed by atoms with Crippen molar-refractivity contribution >= 4 is 22.4 Å². The summed E-state index contributed by atoms with van der Waals surface area (Å²) in [6.45, 7) is 4.93. The summed E-state index contributed by atoms with van der Waals surface area (Å²) in [4.78, 5) is 13.4. The van der Waals surface area contributed by atoms with Gasteiger partial charge in [0.15, 0.2) is 0 Å². The molecule has 8 heteroatoms. The molecule has 1 aromatic carbocycles. The lowest BCUT2D eigenvalue weighted by Crippen LogP contribution is -2.36. The second-order valence-electron chi connectivity index (χ2n) is 8.18. The van der Waals surface area contributed by atoms with Crippen LogP contribution >= 0.6 is 0 Å². The van der Waals surface area contributed by atoms with Gasteiger partial charge in [-0.1, -0.05) is 6.07 Å². The van der Waals surface area contributed by atoms with E-state index in [-0.39, 0.29) is 5.82 Å². The predicted molar refractivity (Wildman–Crippen MR) is 125 cm³/mol. The number of H-pyrrole nitrogens is 1. The number of nitrogens with zero attached hydrogens (tertiary/aromatic N) is 5. The van der Waals surface area contributed by atoms with Crippen LogP contribution in [-0.2, 0) is 4.74 Å². The van der Waals surface area contributed by atoms with Gasteiger partial charge in [-0.2, -0.15) is 5.10 Å². The fourth-order valence-electron chi connectivity index (χ4n) is 4.08. The Morgan fingerprint density at radius 2 is 1.91 bits per heavy atom. The van der Waals surface area contributed by atoms with Crippen molar-refractivity contribution in [3.63, 3.8) is 0 Å². The largest absolute Gasteiger partial charge is 0.378 e. The molecule has 4 aromatic rings. The van der Waals surface area contributed by atoms with E-state index in [0.29, 0.717) is 24.5 Å². The number of ether oxygens (including phenoxy) is 1. The van der Waals surface area contributed by atoms with Crippen molar-refractivity contribution in [2.75, 3.05) is 50.2 Å². The molecule has 1 aliphatic rings. The van der Waals surface area contributed by atoms with E-state index in [0.717, 1.165) is 52.4 Å². The van der Waals surface area contributed by atoms with Gasteiger partial charge in [0.1, 0.15) is 17.3 Å². The van der Waals surface area contributed by atoms with Crippen LogP contribution in [-0.4, -0.2) is 60.6 Å². The maximum Gasteiger partial charge on any atom is 0.134 e. The molecule has 0 unspecified atom stereocenters. The first-order valence-corrected chi connectivity index (χ1v) is 10.6. The smallest absolute Gasteiger partial charge is 0.134 e. The van der Waals surface area contributed by atoms with Gasteiger partial charge >= 0.3 is 0 Å². The number of aromatic nitrogens is 4. The average Bonchev–Trinajstić information content (AvgIpc) is 3.22. The summed E-state index contributed by atoms with van der Waals surface area (Å²) in [7, 11) is 3.79. The summed E-state index contributed by atoms with van der Waals surface area (Å²) in [5.41, 5.74) is 4.99. The molecule has 0 radical (unpaired) electrons. The highest BCUT2D eigenvalue weighted by Crippen LogP contribution is 2.33. The Bertz CT molecular complexity index is 1260. The number of aromatic amines is 1. The first-order valence-electron chi connectivity index (χ1n) is 10.6. The summed E-state index contributed by atoms with van der Waals surface area (Å²) < 4.78 is 20.5. The lowest BCUT2D eigenvalue weighted by molar-refractivity contribution is 0.122. The van der Waals surface area contributed by atoms with Crippen molar-refractivity contribution in [1.82, 2.24) is 20.2 Å². The summed E-state index contributed by atoms with van der Waals surface area (Å²) >= 11 is 0. The Labute approximate surface area is 185 Å². The Morgan fingerprint density at radius 1 is 1.09 bits per heavy atom. The molecule has 7 nitrogen and oxygen atoms in total. The fraction of sp³-hybridized carbons (Fsp3) is 0.292. The Morgan fingerprint density at radius 3 is 2.66 bits per heavy atom. The van der Waals surface area contributed by atoms with Gasteiger partial charge in [0, 0.05) is 43.8 Å². The Kier molecular flexibility index (Phi) is 5.22. The van der Waals surface area contributed by atoms with Crippen molar-refractivity contribution in [1.29, 1.82) is 0 Å². The first-order chi connectivity index (χ1) is 15.5. The molecular formula is C24H25FN6O. The number of nitrogens with one attached hydrogen (secondary N) is 1. The van der Waals surface area contributed by atoms with E-state index >= 15 is 4.39 Å². The van der Waals surface area contributed by atoms with Crippen LogP contribution in [0.3, 0.4) is 0 Å². The van der Waals surface area contributed by atoms with Crippen LogP contribution < -0.4 is 9.80 Å². The van der Waals surface area contributed by atoms with Gasteiger partial charge < -0.3 is 14.5 Å². The molecule has 1 fully saturated rings. The second-order valence-corrected chi connectivity index (χ2v) is 8.18. The molecule has 164 valence electrons. The molecule has 4 heterocycles. The minimum Gasteiger partial charge on any atom is -0.378 e. The average molecular weight is 433 g/mol. The Hall–Kier alpha value is -3.52. The van der Waals surface area contributed by atoms with Crippen LogP contribution in [0.5, 0.6) is 0 Å². The van der Waals surface area contributed by atoms with Crippen molar-refractivity contribution in [2.45, 2.75) is 6.92 Å². The normalized spacial score (nSPS) is 14.2. The third kappa shape index (κ3) is 3.67. The highest BCUT2D eigenvalue weighted by Gasteiger charge is 2.18. The number of hydrogen-bond donors (Lipinski definition) is 1. The molecule has 32 heavy (non-hydrogen) atoms. The first kappa shape index (κ1) is 20.4. The molecule has 1 aliphatic heterocycles. The van der Waals surface area contributed by atoms with Gasteiger partial charge in [0.25, 0.3) is 0 Å². The van der Waals surface area contributed by atoms with Crippen LogP contribution in [0.1, 0.15) is 5.56 Å².